The van der Waals surface area contributed by atoms with Gasteiger partial charge in [-0.3, -0.25) is 14.1 Å². The lowest BCUT2D eigenvalue weighted by atomic mass is 10.0. The summed E-state index contributed by atoms with van der Waals surface area (Å²) in [6.45, 7) is 2.41. The Balaban J connectivity index is 0.000000555. The van der Waals surface area contributed by atoms with E-state index in [2.05, 4.69) is 10.3 Å². The number of pyridine rings is 1. The van der Waals surface area contributed by atoms with E-state index in [1.54, 1.807) is 24.2 Å². The monoisotopic (exact) mass is 471 g/mol. The Hall–Kier alpha value is -3.50. The predicted octanol–water partition coefficient (Wildman–Crippen LogP) is 3.20. The quantitative estimate of drug-likeness (QED) is 0.441. The van der Waals surface area contributed by atoms with Gasteiger partial charge in [-0.15, -0.1) is 0 Å². The standard InChI is InChI=1S/C22H21N3O3.CH4O3S/c1-14-17-5-3-4-6-18(17)28-19(14)13-25(2)21(27)10-7-15-11-16-8-9-20(26)24-22(16)23-12-15;1-5(2,3)4/h3-7,10-12H,8-9,13H2,1-2H3,(H,23,24,26);1H3,(H,2,3,4)/b10-7+;. The van der Waals surface area contributed by atoms with Crippen molar-refractivity contribution >= 4 is 44.8 Å². The summed E-state index contributed by atoms with van der Waals surface area (Å²) in [6.07, 6.45) is 6.76. The van der Waals surface area contributed by atoms with Crippen molar-refractivity contribution in [2.45, 2.75) is 26.3 Å². The van der Waals surface area contributed by atoms with Crippen LogP contribution in [0.4, 0.5) is 5.82 Å². The molecule has 2 aromatic heterocycles. The molecular weight excluding hydrogens is 446 g/mol. The minimum absolute atomic E-state index is 0.0130. The number of amides is 2. The number of benzene rings is 1. The van der Waals surface area contributed by atoms with Gasteiger partial charge in [-0.25, -0.2) is 4.98 Å². The topological polar surface area (TPSA) is 130 Å². The summed E-state index contributed by atoms with van der Waals surface area (Å²) < 4.78 is 31.8. The van der Waals surface area contributed by atoms with Gasteiger partial charge in [-0.1, -0.05) is 18.2 Å². The Kier molecular flexibility index (Phi) is 7.29. The van der Waals surface area contributed by atoms with Crippen molar-refractivity contribution in [1.82, 2.24) is 9.88 Å². The summed E-state index contributed by atoms with van der Waals surface area (Å²) >= 11 is 0. The second-order valence-electron chi connectivity index (χ2n) is 7.73. The van der Waals surface area contributed by atoms with Gasteiger partial charge in [-0.05, 0) is 42.7 Å². The molecule has 0 spiro atoms. The molecule has 0 atom stereocenters. The average molecular weight is 472 g/mol. The van der Waals surface area contributed by atoms with Gasteiger partial charge >= 0.3 is 0 Å². The van der Waals surface area contributed by atoms with Gasteiger partial charge in [-0.2, -0.15) is 8.42 Å². The Bertz CT molecular complexity index is 1320. The SMILES string of the molecule is CS(=O)(=O)O.Cc1c(CN(C)C(=O)/C=C/c2cnc3c(c2)CCC(=O)N3)oc2ccccc12. The minimum Gasteiger partial charge on any atom is -0.459 e. The summed E-state index contributed by atoms with van der Waals surface area (Å²) in [5.41, 5.74) is 3.70. The molecule has 1 aliphatic heterocycles. The molecule has 0 bridgehead atoms. The van der Waals surface area contributed by atoms with Crippen LogP contribution >= 0.6 is 0 Å². The van der Waals surface area contributed by atoms with Crippen molar-refractivity contribution in [2.75, 3.05) is 18.6 Å². The molecule has 0 unspecified atom stereocenters. The second-order valence-corrected chi connectivity index (χ2v) is 9.20. The number of anilines is 1. The number of carbonyl (C=O) groups excluding carboxylic acids is 2. The molecule has 3 aromatic rings. The molecule has 10 heteroatoms. The lowest BCUT2D eigenvalue weighted by Gasteiger charge is -2.16. The molecule has 1 aromatic carbocycles. The minimum atomic E-state index is -3.67. The zero-order valence-electron chi connectivity index (χ0n) is 18.5. The van der Waals surface area contributed by atoms with E-state index in [0.717, 1.165) is 33.4 Å². The Labute approximate surface area is 191 Å². The molecule has 0 aliphatic carbocycles. The van der Waals surface area contributed by atoms with Crippen LogP contribution in [-0.4, -0.2) is 48.0 Å². The van der Waals surface area contributed by atoms with Gasteiger partial charge < -0.3 is 14.6 Å². The van der Waals surface area contributed by atoms with E-state index >= 15 is 0 Å². The van der Waals surface area contributed by atoms with Gasteiger partial charge in [0.15, 0.2) is 0 Å². The van der Waals surface area contributed by atoms with Gasteiger partial charge in [0, 0.05) is 36.7 Å². The van der Waals surface area contributed by atoms with Crippen LogP contribution in [0.2, 0.25) is 0 Å². The molecule has 33 heavy (non-hydrogen) atoms. The van der Waals surface area contributed by atoms with Crippen molar-refractivity contribution in [3.8, 4) is 0 Å². The van der Waals surface area contributed by atoms with E-state index in [-0.39, 0.29) is 11.8 Å². The number of furan rings is 1. The summed E-state index contributed by atoms with van der Waals surface area (Å²) in [7, 11) is -1.92. The largest absolute Gasteiger partial charge is 0.459 e. The van der Waals surface area contributed by atoms with Gasteiger partial charge in [0.25, 0.3) is 10.1 Å². The molecule has 3 heterocycles. The van der Waals surface area contributed by atoms with E-state index in [0.29, 0.717) is 31.5 Å². The number of nitrogens with one attached hydrogen (secondary N) is 1. The molecular formula is C23H25N3O6S. The molecule has 2 amide bonds. The van der Waals surface area contributed by atoms with Crippen LogP contribution in [0.15, 0.2) is 47.0 Å². The van der Waals surface area contributed by atoms with Crippen molar-refractivity contribution in [3.05, 3.63) is 65.1 Å². The average Bonchev–Trinajstić information content (AvgIpc) is 3.06. The Morgan fingerprint density at radius 3 is 2.70 bits per heavy atom. The second kappa shape index (κ2) is 9.97. The molecule has 0 saturated heterocycles. The van der Waals surface area contributed by atoms with Crippen molar-refractivity contribution in [1.29, 1.82) is 0 Å². The number of rotatable bonds is 4. The van der Waals surface area contributed by atoms with Crippen LogP contribution in [-0.2, 0) is 32.7 Å². The molecule has 174 valence electrons. The molecule has 9 nitrogen and oxygen atoms in total. The van der Waals surface area contributed by atoms with Crippen molar-refractivity contribution in [3.63, 3.8) is 0 Å². The van der Waals surface area contributed by atoms with E-state index in [1.807, 2.05) is 37.3 Å². The number of para-hydroxylation sites is 1. The summed E-state index contributed by atoms with van der Waals surface area (Å²) in [5, 5.41) is 3.82. The summed E-state index contributed by atoms with van der Waals surface area (Å²) in [4.78, 5) is 29.8. The van der Waals surface area contributed by atoms with Gasteiger partial charge in [0.05, 0.1) is 12.8 Å². The molecule has 2 N–H and O–H groups in total. The number of aromatic nitrogens is 1. The first-order chi connectivity index (χ1) is 15.5. The van der Waals surface area contributed by atoms with Gasteiger partial charge in [0.2, 0.25) is 11.8 Å². The maximum atomic E-state index is 12.5. The highest BCUT2D eigenvalue weighted by atomic mass is 32.2. The molecule has 0 fully saturated rings. The number of fused-ring (bicyclic) bond motifs is 2. The number of hydrogen-bond acceptors (Lipinski definition) is 6. The maximum absolute atomic E-state index is 12.5. The highest BCUT2D eigenvalue weighted by molar-refractivity contribution is 7.85. The fourth-order valence-electron chi connectivity index (χ4n) is 3.33. The highest BCUT2D eigenvalue weighted by Crippen LogP contribution is 2.26. The number of aryl methyl sites for hydroxylation is 2. The van der Waals surface area contributed by atoms with E-state index in [9.17, 15) is 18.0 Å². The molecule has 4 rings (SSSR count). The van der Waals surface area contributed by atoms with Crippen LogP contribution in [0, 0.1) is 6.92 Å². The van der Waals surface area contributed by atoms with Crippen LogP contribution in [0.5, 0.6) is 0 Å². The van der Waals surface area contributed by atoms with Gasteiger partial charge in [0.1, 0.15) is 17.2 Å². The van der Waals surface area contributed by atoms with Crippen LogP contribution in [0.1, 0.15) is 28.9 Å². The fourth-order valence-corrected chi connectivity index (χ4v) is 3.33. The third-order valence-electron chi connectivity index (χ3n) is 4.98. The predicted molar refractivity (Wildman–Crippen MR) is 125 cm³/mol. The summed E-state index contributed by atoms with van der Waals surface area (Å²) in [6, 6.07) is 9.81. The Morgan fingerprint density at radius 2 is 2.00 bits per heavy atom. The summed E-state index contributed by atoms with van der Waals surface area (Å²) in [5.74, 6) is 1.26. The van der Waals surface area contributed by atoms with Crippen molar-refractivity contribution in [2.24, 2.45) is 0 Å². The number of likely N-dealkylation sites (N-methyl/N-ethyl adjacent to an activating group) is 1. The third-order valence-corrected chi connectivity index (χ3v) is 4.98. The molecule has 0 radical (unpaired) electrons. The zero-order chi connectivity index (χ0) is 24.2. The highest BCUT2D eigenvalue weighted by Gasteiger charge is 2.16. The van der Waals surface area contributed by atoms with E-state index in [1.165, 1.54) is 6.08 Å². The first kappa shape index (κ1) is 24.1. The number of hydrogen-bond donors (Lipinski definition) is 2. The maximum Gasteiger partial charge on any atom is 0.261 e. The first-order valence-electron chi connectivity index (χ1n) is 10.1. The smallest absolute Gasteiger partial charge is 0.261 e. The molecule has 0 saturated carbocycles. The third kappa shape index (κ3) is 6.74. The lowest BCUT2D eigenvalue weighted by Crippen LogP contribution is -2.24. The van der Waals surface area contributed by atoms with Crippen LogP contribution in [0.3, 0.4) is 0 Å². The zero-order valence-corrected chi connectivity index (χ0v) is 19.3. The van der Waals surface area contributed by atoms with Crippen LogP contribution < -0.4 is 5.32 Å². The lowest BCUT2D eigenvalue weighted by molar-refractivity contribution is -0.125. The fraction of sp³-hybridized carbons (Fsp3) is 0.261. The normalized spacial score (nSPS) is 13.3. The Morgan fingerprint density at radius 1 is 1.30 bits per heavy atom. The number of carbonyl (C=O) groups is 2. The van der Waals surface area contributed by atoms with E-state index < -0.39 is 10.1 Å². The first-order valence-corrected chi connectivity index (χ1v) is 12.0. The van der Waals surface area contributed by atoms with Crippen molar-refractivity contribution < 1.29 is 27.0 Å². The van der Waals surface area contributed by atoms with E-state index in [4.69, 9.17) is 8.97 Å². The molecule has 1 aliphatic rings. The van der Waals surface area contributed by atoms with Crippen LogP contribution in [0.25, 0.3) is 17.0 Å². The number of nitrogens with zero attached hydrogens (tertiary/aromatic N) is 2.